The maximum absolute atomic E-state index is 13.0. The molecule has 0 bridgehead atoms. The van der Waals surface area contributed by atoms with Crippen LogP contribution in [0.2, 0.25) is 0 Å². The van der Waals surface area contributed by atoms with Crippen LogP contribution in [0.3, 0.4) is 0 Å². The fourth-order valence-electron chi connectivity index (χ4n) is 2.70. The number of halogens is 6. The lowest BCUT2D eigenvalue weighted by Crippen LogP contribution is -2.55. The van der Waals surface area contributed by atoms with Crippen LogP contribution in [0.5, 0.6) is 0 Å². The topological polar surface area (TPSA) is 27.7 Å². The molecule has 0 aliphatic rings. The van der Waals surface area contributed by atoms with Crippen LogP contribution in [-0.2, 0) is 25.6 Å². The van der Waals surface area contributed by atoms with E-state index in [4.69, 9.17) is 13.3 Å². The Morgan fingerprint density at radius 2 is 1.21 bits per heavy atom. The van der Waals surface area contributed by atoms with Crippen LogP contribution in [0.25, 0.3) is 11.1 Å². The van der Waals surface area contributed by atoms with Crippen molar-refractivity contribution >= 4 is 14.0 Å². The Kier molecular flexibility index (Phi) is 6.59. The van der Waals surface area contributed by atoms with Gasteiger partial charge in [-0.15, -0.1) is 0 Å². The maximum atomic E-state index is 13.0. The zero-order chi connectivity index (χ0) is 21.2. The van der Waals surface area contributed by atoms with Gasteiger partial charge in [0.15, 0.2) is 0 Å². The summed E-state index contributed by atoms with van der Waals surface area (Å²) in [5, 5.41) is 0.533. The zero-order valence-corrected chi connectivity index (χ0v) is 16.2. The van der Waals surface area contributed by atoms with Crippen LogP contribution in [-0.4, -0.2) is 29.6 Å². The van der Waals surface area contributed by atoms with Crippen molar-refractivity contribution < 1.29 is 39.6 Å². The minimum absolute atomic E-state index is 0.0980. The molecule has 28 heavy (non-hydrogen) atoms. The van der Waals surface area contributed by atoms with E-state index in [0.29, 0.717) is 23.9 Å². The van der Waals surface area contributed by atoms with E-state index in [9.17, 15) is 26.3 Å². The lowest BCUT2D eigenvalue weighted by molar-refractivity contribution is -0.143. The molecular weight excluding hydrogens is 406 g/mol. The third-order valence-electron chi connectivity index (χ3n) is 4.03. The summed E-state index contributed by atoms with van der Waals surface area (Å²) in [6.45, 7) is 2.05. The molecule has 0 aliphatic carbocycles. The van der Waals surface area contributed by atoms with Gasteiger partial charge in [-0.2, -0.15) is 26.3 Å². The molecule has 0 heterocycles. The van der Waals surface area contributed by atoms with Crippen molar-refractivity contribution in [2.75, 3.05) is 20.8 Å². The van der Waals surface area contributed by atoms with Gasteiger partial charge in [-0.3, -0.25) is 0 Å². The Labute approximate surface area is 159 Å². The van der Waals surface area contributed by atoms with E-state index in [1.807, 2.05) is 0 Å². The first-order chi connectivity index (χ1) is 13.0. The first-order valence-corrected chi connectivity index (χ1v) is 9.84. The molecule has 0 atom stereocenters. The van der Waals surface area contributed by atoms with Gasteiger partial charge in [0.05, 0.1) is 11.1 Å². The predicted octanol–water partition coefficient (Wildman–Crippen LogP) is 4.87. The maximum Gasteiger partial charge on any atom is 0.536 e. The third-order valence-corrected chi connectivity index (χ3v) is 6.82. The average molecular weight is 424 g/mol. The van der Waals surface area contributed by atoms with E-state index in [-0.39, 0.29) is 17.2 Å². The Morgan fingerprint density at radius 3 is 1.57 bits per heavy atom. The summed E-state index contributed by atoms with van der Waals surface area (Å²) >= 11 is 0. The van der Waals surface area contributed by atoms with E-state index in [1.54, 1.807) is 6.92 Å². The molecule has 0 saturated heterocycles. The number of alkyl halides is 6. The zero-order valence-electron chi connectivity index (χ0n) is 15.2. The first-order valence-electron chi connectivity index (χ1n) is 8.11. The molecule has 10 heteroatoms. The van der Waals surface area contributed by atoms with Crippen molar-refractivity contribution in [1.82, 2.24) is 0 Å². The van der Waals surface area contributed by atoms with Crippen molar-refractivity contribution in [1.29, 1.82) is 0 Å². The Bertz CT molecular complexity index is 766. The Hall–Kier alpha value is -1.88. The van der Waals surface area contributed by atoms with Gasteiger partial charge in [-0.1, -0.05) is 24.3 Å². The van der Waals surface area contributed by atoms with E-state index in [1.165, 1.54) is 38.5 Å². The Balaban J connectivity index is 2.53. The molecule has 0 spiro atoms. The van der Waals surface area contributed by atoms with Gasteiger partial charge in [-0.25, -0.2) is 0 Å². The minimum Gasteiger partial charge on any atom is -0.373 e. The quantitative estimate of drug-likeness (QED) is 0.489. The van der Waals surface area contributed by atoms with Gasteiger partial charge in [0.2, 0.25) is 0 Å². The fraction of sp³-hybridized carbons (Fsp3) is 0.333. The number of rotatable bonds is 6. The molecule has 154 valence electrons. The highest BCUT2D eigenvalue weighted by atomic mass is 28.4. The van der Waals surface area contributed by atoms with Crippen LogP contribution in [0.15, 0.2) is 42.5 Å². The molecule has 2 aromatic rings. The molecule has 0 amide bonds. The monoisotopic (exact) mass is 424 g/mol. The van der Waals surface area contributed by atoms with Crippen LogP contribution in [0, 0.1) is 0 Å². The summed E-state index contributed by atoms with van der Waals surface area (Å²) in [6.07, 6.45) is -9.81. The SMILES string of the molecule is CCO[Si](OC)(OC)c1ccc(-c2cc(C(F)(F)F)cc(C(F)(F)F)c2)cc1. The van der Waals surface area contributed by atoms with E-state index < -0.39 is 32.3 Å². The van der Waals surface area contributed by atoms with Crippen LogP contribution in [0.1, 0.15) is 18.1 Å². The normalized spacial score (nSPS) is 13.0. The van der Waals surface area contributed by atoms with Gasteiger partial charge >= 0.3 is 21.2 Å². The summed E-state index contributed by atoms with van der Waals surface area (Å²) in [4.78, 5) is 0. The van der Waals surface area contributed by atoms with Gasteiger partial charge < -0.3 is 13.3 Å². The van der Waals surface area contributed by atoms with Gasteiger partial charge in [-0.05, 0) is 36.2 Å². The van der Waals surface area contributed by atoms with Crippen molar-refractivity contribution in [2.24, 2.45) is 0 Å². The highest BCUT2D eigenvalue weighted by Gasteiger charge is 2.41. The minimum atomic E-state index is -4.90. The highest BCUT2D eigenvalue weighted by molar-refractivity contribution is 6.75. The number of hydrogen-bond acceptors (Lipinski definition) is 3. The molecule has 0 aliphatic heterocycles. The van der Waals surface area contributed by atoms with Gasteiger partial charge in [0.1, 0.15) is 0 Å². The molecular formula is C18H18F6O3Si. The molecule has 0 fully saturated rings. The molecule has 0 radical (unpaired) electrons. The van der Waals surface area contributed by atoms with E-state index >= 15 is 0 Å². The first kappa shape index (κ1) is 22.4. The summed E-state index contributed by atoms with van der Waals surface area (Å²) in [5.41, 5.74) is -2.75. The lowest BCUT2D eigenvalue weighted by Gasteiger charge is -2.26. The van der Waals surface area contributed by atoms with Crippen LogP contribution in [0.4, 0.5) is 26.3 Å². The van der Waals surface area contributed by atoms with Crippen LogP contribution < -0.4 is 5.19 Å². The molecule has 0 N–H and O–H groups in total. The second-order valence-corrected chi connectivity index (χ2v) is 8.56. The fourth-order valence-corrected chi connectivity index (χ4v) is 4.69. The summed E-state index contributed by atoms with van der Waals surface area (Å²) in [7, 11) is -0.376. The molecule has 0 unspecified atom stereocenters. The summed E-state index contributed by atoms with van der Waals surface area (Å²) in [5.74, 6) is 0. The average Bonchev–Trinajstić information content (AvgIpc) is 2.64. The van der Waals surface area contributed by atoms with Crippen LogP contribution >= 0.6 is 0 Å². The lowest BCUT2D eigenvalue weighted by atomic mass is 9.99. The van der Waals surface area contributed by atoms with E-state index in [0.717, 1.165) is 0 Å². The standard InChI is InChI=1S/C18H18F6O3Si/c1-4-27-28(25-2,26-3)16-7-5-12(6-8-16)13-9-14(17(19,20)21)11-15(10-13)18(22,23)24/h5-11H,4H2,1-3H3. The van der Waals surface area contributed by atoms with Gasteiger partial charge in [0.25, 0.3) is 0 Å². The van der Waals surface area contributed by atoms with Crippen molar-refractivity contribution in [3.05, 3.63) is 53.6 Å². The van der Waals surface area contributed by atoms with Crippen molar-refractivity contribution in [3.8, 4) is 11.1 Å². The van der Waals surface area contributed by atoms with Crippen molar-refractivity contribution in [2.45, 2.75) is 19.3 Å². The van der Waals surface area contributed by atoms with Gasteiger partial charge in [0, 0.05) is 26.0 Å². The number of hydrogen-bond donors (Lipinski definition) is 0. The smallest absolute Gasteiger partial charge is 0.373 e. The second kappa shape index (κ2) is 8.24. The summed E-state index contributed by atoms with van der Waals surface area (Å²) < 4.78 is 94.6. The second-order valence-electron chi connectivity index (χ2n) is 5.77. The van der Waals surface area contributed by atoms with E-state index in [2.05, 4.69) is 0 Å². The molecule has 3 nitrogen and oxygen atoms in total. The third kappa shape index (κ3) is 4.74. The molecule has 0 aromatic heterocycles. The van der Waals surface area contributed by atoms with Crippen molar-refractivity contribution in [3.63, 3.8) is 0 Å². The molecule has 0 saturated carbocycles. The predicted molar refractivity (Wildman–Crippen MR) is 92.9 cm³/mol. The summed E-state index contributed by atoms with van der Waals surface area (Å²) in [6, 6.07) is 7.30. The Morgan fingerprint density at radius 1 is 0.750 bits per heavy atom. The number of benzene rings is 2. The largest absolute Gasteiger partial charge is 0.536 e. The highest BCUT2D eigenvalue weighted by Crippen LogP contribution is 2.38. The molecule has 2 rings (SSSR count). The molecule has 2 aromatic carbocycles.